The molecule has 13 heterocycles. The number of pyridine rings is 6. The van der Waals surface area contributed by atoms with Gasteiger partial charge in [-0.15, -0.1) is 0 Å². The fourth-order valence-electron chi connectivity index (χ4n) is 19.0. The highest BCUT2D eigenvalue weighted by molar-refractivity contribution is 5.93. The molecule has 0 aliphatic carbocycles. The minimum absolute atomic E-state index is 0.0963. The smallest absolute Gasteiger partial charge is 0.244 e. The second-order valence-corrected chi connectivity index (χ2v) is 43.7. The van der Waals surface area contributed by atoms with Gasteiger partial charge in [0.2, 0.25) is 5.88 Å². The monoisotopic (exact) mass is 1870 g/mol. The number of fused-ring (bicyclic) bond motifs is 10. The van der Waals surface area contributed by atoms with E-state index < -0.39 is 0 Å². The minimum Gasteiger partial charge on any atom is -0.451 e. The summed E-state index contributed by atoms with van der Waals surface area (Å²) in [5.41, 5.74) is 39.9. The van der Waals surface area contributed by atoms with Crippen LogP contribution in [-0.2, 0) is 27.1 Å². The van der Waals surface area contributed by atoms with Crippen LogP contribution >= 0.6 is 0 Å². The zero-order chi connectivity index (χ0) is 101. The molecule has 720 valence electrons. The largest absolute Gasteiger partial charge is 0.451 e. The molecule has 0 saturated heterocycles. The molecule has 8 aromatic heterocycles. The van der Waals surface area contributed by atoms with Gasteiger partial charge >= 0.3 is 0 Å². The summed E-state index contributed by atoms with van der Waals surface area (Å²) < 4.78 is 31.2. The van der Waals surface area contributed by atoms with Crippen molar-refractivity contribution in [1.29, 1.82) is 0 Å². The molecule has 15 aromatic rings. The van der Waals surface area contributed by atoms with E-state index in [4.69, 9.17) is 28.7 Å². The number of benzene rings is 7. The number of hydrogen-bond acceptors (Lipinski definition) is 20. The summed E-state index contributed by atoms with van der Waals surface area (Å²) in [6, 6.07) is 49.6. The number of hydrogen-bond donors (Lipinski definition) is 0. The van der Waals surface area contributed by atoms with Crippen molar-refractivity contribution in [2.75, 3.05) is 24.5 Å². The molecule has 20 heteroatoms. The molecule has 5 aliphatic rings. The Hall–Kier alpha value is -14.4. The molecule has 0 atom stereocenters. The average molecular weight is 1870 g/mol. The summed E-state index contributed by atoms with van der Waals surface area (Å²) in [6.07, 6.45) is 12.7. The van der Waals surface area contributed by atoms with Crippen molar-refractivity contribution >= 4 is 86.0 Å². The Balaban J connectivity index is 0.000000126. The fourth-order valence-corrected chi connectivity index (χ4v) is 19.0. The van der Waals surface area contributed by atoms with Crippen molar-refractivity contribution in [3.05, 3.63) is 323 Å². The quantitative estimate of drug-likeness (QED) is 0.158. The number of rotatable bonds is 5. The van der Waals surface area contributed by atoms with Gasteiger partial charge in [0.15, 0.2) is 80.8 Å². The lowest BCUT2D eigenvalue weighted by Crippen LogP contribution is -2.21. The van der Waals surface area contributed by atoms with E-state index in [2.05, 4.69) is 374 Å². The molecular formula is C120H135N15O5. The highest BCUT2D eigenvalue weighted by Gasteiger charge is 2.39. The van der Waals surface area contributed by atoms with E-state index in [0.29, 0.717) is 5.88 Å². The first-order valence-corrected chi connectivity index (χ1v) is 48.4. The van der Waals surface area contributed by atoms with Crippen LogP contribution in [0.2, 0.25) is 0 Å². The van der Waals surface area contributed by atoms with E-state index in [1.165, 1.54) is 94.7 Å². The Bertz CT molecular complexity index is 6300. The maximum Gasteiger partial charge on any atom is 0.244 e. The number of ether oxygens (including phenoxy) is 5. The van der Waals surface area contributed by atoms with Gasteiger partial charge in [0.25, 0.3) is 0 Å². The van der Waals surface area contributed by atoms with E-state index in [0.717, 1.165) is 183 Å². The predicted molar refractivity (Wildman–Crippen MR) is 572 cm³/mol. The lowest BCUT2D eigenvalue weighted by Gasteiger charge is -2.35. The van der Waals surface area contributed by atoms with Gasteiger partial charge in [0.1, 0.15) is 29.1 Å². The summed E-state index contributed by atoms with van der Waals surface area (Å²) in [5, 5.41) is 8.41. The molecule has 0 saturated carbocycles. The summed E-state index contributed by atoms with van der Waals surface area (Å²) >= 11 is 0. The first-order chi connectivity index (χ1) is 65.8. The first-order valence-electron chi connectivity index (χ1n) is 48.4. The minimum atomic E-state index is 0.0963. The fraction of sp³-hybridized carbons (Fsp3) is 0.333. The molecule has 0 fully saturated rings. The standard InChI is InChI=1S/5C24H27N3O/c1-14-10-19-22(26-13-14)27(23-21(28-19)15(2)8-9-25-23)20-16(3)11-18(12-17(20)4)24(5,6)7;1-14-8-9-25-23-22(14)28-20-12-17(4)26-13-19(20)27(23)21-15(2)10-18(11-16(21)3)24(5,6)7;1-14-8-9-19-21(10-14)28-23-17(4)26-25-13-20(23)27(19)22-15(2)11-18(12-16(22)3)24(5,6)7;1-14-8-9-19-20(10-14)28-22-17(4)25-13-26-23(22)27(19)21-15(2)11-18(12-16(21)3)24(5,6)7;1-14-10-11-25-22-21(14)28-23-19(9-8-17(4)26-23)27(22)20-15(2)12-18(13-16(20)3)24(5,6)7/h5*8-13H,1-7H3. The van der Waals surface area contributed by atoms with Crippen LogP contribution < -0.4 is 48.2 Å². The van der Waals surface area contributed by atoms with Crippen molar-refractivity contribution in [2.24, 2.45) is 0 Å². The zero-order valence-electron chi connectivity index (χ0n) is 88.6. The zero-order valence-corrected chi connectivity index (χ0v) is 88.6. The van der Waals surface area contributed by atoms with Gasteiger partial charge in [-0.25, -0.2) is 34.9 Å². The molecular weight excluding hydrogens is 1730 g/mol. The van der Waals surface area contributed by atoms with Crippen molar-refractivity contribution < 1.29 is 23.7 Å². The topological polar surface area (TPSA) is 191 Å². The molecule has 5 aliphatic heterocycles. The van der Waals surface area contributed by atoms with E-state index in [9.17, 15) is 0 Å². The summed E-state index contributed by atoms with van der Waals surface area (Å²) in [7, 11) is 0. The molecule has 0 N–H and O–H groups in total. The third kappa shape index (κ3) is 19.3. The van der Waals surface area contributed by atoms with Gasteiger partial charge in [0.05, 0.1) is 57.9 Å². The predicted octanol–water partition coefficient (Wildman–Crippen LogP) is 32.9. The van der Waals surface area contributed by atoms with E-state index in [-0.39, 0.29) is 27.1 Å². The second kappa shape index (κ2) is 37.4. The number of nitrogens with zero attached hydrogens (tertiary/aromatic N) is 15. The summed E-state index contributed by atoms with van der Waals surface area (Å²) in [6.45, 7) is 75.6. The molecule has 0 unspecified atom stereocenters. The lowest BCUT2D eigenvalue weighted by molar-refractivity contribution is 0.450. The van der Waals surface area contributed by atoms with Crippen LogP contribution in [0, 0.1) is 138 Å². The van der Waals surface area contributed by atoms with Crippen LogP contribution in [0.15, 0.2) is 183 Å². The van der Waals surface area contributed by atoms with Crippen molar-refractivity contribution in [3.63, 3.8) is 0 Å². The van der Waals surface area contributed by atoms with E-state index in [1.54, 1.807) is 12.5 Å². The van der Waals surface area contributed by atoms with Gasteiger partial charge in [-0.2, -0.15) is 10.2 Å². The van der Waals surface area contributed by atoms with Gasteiger partial charge in [-0.1, -0.05) is 177 Å². The average Bonchev–Trinajstić information content (AvgIpc) is 0.755. The molecule has 0 bridgehead atoms. The Labute approximate surface area is 828 Å². The molecule has 0 amide bonds. The van der Waals surface area contributed by atoms with Gasteiger partial charge < -0.3 is 28.6 Å². The Morgan fingerprint density at radius 1 is 0.229 bits per heavy atom. The highest BCUT2D eigenvalue weighted by Crippen LogP contribution is 2.59. The van der Waals surface area contributed by atoms with Gasteiger partial charge in [-0.05, 0) is 343 Å². The molecule has 0 radical (unpaired) electrons. The van der Waals surface area contributed by atoms with Crippen molar-refractivity contribution in [1.82, 2.24) is 50.1 Å². The van der Waals surface area contributed by atoms with Gasteiger partial charge in [0, 0.05) is 42.2 Å². The highest BCUT2D eigenvalue weighted by atomic mass is 16.5. The molecule has 140 heavy (non-hydrogen) atoms. The lowest BCUT2D eigenvalue weighted by atomic mass is 9.84. The van der Waals surface area contributed by atoms with Crippen molar-refractivity contribution in [3.8, 4) is 57.6 Å². The number of aryl methyl sites for hydroxylation is 20. The second-order valence-electron chi connectivity index (χ2n) is 43.7. The first kappa shape index (κ1) is 98.6. The summed E-state index contributed by atoms with van der Waals surface area (Å²) in [5.74, 6) is 11.7. The number of anilines is 15. The van der Waals surface area contributed by atoms with Crippen LogP contribution in [0.4, 0.5) is 86.0 Å². The maximum atomic E-state index is 6.25. The van der Waals surface area contributed by atoms with E-state index in [1.807, 2.05) is 109 Å². The maximum absolute atomic E-state index is 6.25. The van der Waals surface area contributed by atoms with Crippen LogP contribution in [0.25, 0.3) is 0 Å². The van der Waals surface area contributed by atoms with Crippen molar-refractivity contribution in [2.45, 2.75) is 269 Å². The van der Waals surface area contributed by atoms with Crippen LogP contribution in [-0.4, -0.2) is 50.1 Å². The van der Waals surface area contributed by atoms with E-state index >= 15 is 0 Å². The van der Waals surface area contributed by atoms with Gasteiger partial charge in [-0.3, -0.25) is 24.6 Å². The normalized spacial score (nSPS) is 13.0. The van der Waals surface area contributed by atoms with Crippen LogP contribution in [0.3, 0.4) is 0 Å². The number of aromatic nitrogens is 10. The third-order valence-electron chi connectivity index (χ3n) is 26.5. The molecule has 20 rings (SSSR count). The third-order valence-corrected chi connectivity index (χ3v) is 26.5. The molecule has 7 aromatic carbocycles. The Morgan fingerprint density at radius 2 is 0.571 bits per heavy atom. The molecule has 20 nitrogen and oxygen atoms in total. The Kier molecular flexibility index (Phi) is 26.4. The van der Waals surface area contributed by atoms with Crippen LogP contribution in [0.1, 0.15) is 243 Å². The SMILES string of the molecule is Cc1cc2c(cn1)N(c1c(C)cc(C(C)(C)C)cc1C)c1nccc(C)c1O2.Cc1ccc2c(c1)Oc1c(C)ncnc1N2c1c(C)cc(C(C)(C)C)cc1C.Cc1ccc2c(c1)Oc1c(cnnc1C)N2c1c(C)cc(C(C)(C)C)cc1C.Cc1ccc2c(n1)Oc1c(C)ccnc1N2c1c(C)cc(C(C)(C)C)cc1C.Cc1cnc2c(c1)Oc1c(C)ccnc1N2c1c(C)cc(C(C)(C)C)cc1C. The summed E-state index contributed by atoms with van der Waals surface area (Å²) in [4.78, 5) is 47.9. The Morgan fingerprint density at radius 3 is 1.01 bits per heavy atom. The van der Waals surface area contributed by atoms with Crippen LogP contribution in [0.5, 0.6) is 57.6 Å². The molecule has 0 spiro atoms.